The molecule has 0 saturated carbocycles. The van der Waals surface area contributed by atoms with E-state index in [-0.39, 0.29) is 12.0 Å². The highest BCUT2D eigenvalue weighted by Crippen LogP contribution is 2.24. The fourth-order valence-electron chi connectivity index (χ4n) is 3.05. The Hall–Kier alpha value is -2.90. The first-order valence-corrected chi connectivity index (χ1v) is 8.92. The van der Waals surface area contributed by atoms with E-state index in [0.29, 0.717) is 31.0 Å². The highest BCUT2D eigenvalue weighted by atomic mass is 16.6. The monoisotopic (exact) mass is 371 g/mol. The van der Waals surface area contributed by atoms with E-state index in [0.717, 1.165) is 17.0 Å². The number of rotatable bonds is 2. The third-order valence-corrected chi connectivity index (χ3v) is 4.24. The number of anilines is 1. The first kappa shape index (κ1) is 18.9. The summed E-state index contributed by atoms with van der Waals surface area (Å²) in [7, 11) is 1.81. The van der Waals surface area contributed by atoms with Gasteiger partial charge in [-0.2, -0.15) is 5.10 Å². The predicted octanol–water partition coefficient (Wildman–Crippen LogP) is 2.67. The molecule has 1 N–H and O–H groups in total. The zero-order valence-corrected chi connectivity index (χ0v) is 16.4. The molecule has 3 rings (SSSR count). The lowest BCUT2D eigenvalue weighted by Crippen LogP contribution is -2.40. The van der Waals surface area contributed by atoms with E-state index in [1.807, 2.05) is 46.9 Å². The van der Waals surface area contributed by atoms with E-state index in [4.69, 9.17) is 4.74 Å². The fraction of sp³-hybridized carbons (Fsp3) is 0.474. The minimum Gasteiger partial charge on any atom is -0.444 e. The molecule has 0 atom stereocenters. The Morgan fingerprint density at radius 1 is 1.26 bits per heavy atom. The number of ether oxygens (including phenoxy) is 1. The molecule has 0 saturated heterocycles. The predicted molar refractivity (Wildman–Crippen MR) is 100 cm³/mol. The van der Waals surface area contributed by atoms with Crippen LogP contribution >= 0.6 is 0 Å². The van der Waals surface area contributed by atoms with E-state index >= 15 is 0 Å². The molecule has 2 aromatic heterocycles. The van der Waals surface area contributed by atoms with Gasteiger partial charge in [-0.1, -0.05) is 6.07 Å². The summed E-state index contributed by atoms with van der Waals surface area (Å²) >= 11 is 0. The highest BCUT2D eigenvalue weighted by molar-refractivity contribution is 6.03. The van der Waals surface area contributed by atoms with Crippen LogP contribution in [0.5, 0.6) is 0 Å². The molecule has 8 heteroatoms. The number of hydrogen-bond donors (Lipinski definition) is 1. The van der Waals surface area contributed by atoms with Gasteiger partial charge in [0.05, 0.1) is 6.54 Å². The minimum absolute atomic E-state index is 0.294. The standard InChI is InChI=1S/C19H25N5O3/c1-12-7-6-8-15(20-12)21-17(25)16-13-11-24(18(26)27-19(2,3)4)10-9-14(13)23(5)22-16/h6-8H,9-11H2,1-5H3,(H,20,21,25). The molecule has 1 aliphatic heterocycles. The third-order valence-electron chi connectivity index (χ3n) is 4.24. The lowest BCUT2D eigenvalue weighted by Gasteiger charge is -2.30. The summed E-state index contributed by atoms with van der Waals surface area (Å²) in [5.74, 6) is 0.134. The highest BCUT2D eigenvalue weighted by Gasteiger charge is 2.31. The molecule has 0 radical (unpaired) electrons. The molecule has 0 aromatic carbocycles. The van der Waals surface area contributed by atoms with Crippen molar-refractivity contribution in [3.63, 3.8) is 0 Å². The number of hydrogen-bond acceptors (Lipinski definition) is 5. The average Bonchev–Trinajstić information content (AvgIpc) is 2.90. The van der Waals surface area contributed by atoms with Crippen LogP contribution in [0.3, 0.4) is 0 Å². The summed E-state index contributed by atoms with van der Waals surface area (Å²) in [4.78, 5) is 31.1. The van der Waals surface area contributed by atoms with Gasteiger partial charge in [-0.15, -0.1) is 0 Å². The topological polar surface area (TPSA) is 89.4 Å². The van der Waals surface area contributed by atoms with Crippen molar-refractivity contribution in [3.05, 3.63) is 40.8 Å². The third kappa shape index (κ3) is 4.27. The Kier molecular flexibility index (Phi) is 4.91. The van der Waals surface area contributed by atoms with Crippen LogP contribution in [0.1, 0.15) is 48.2 Å². The lowest BCUT2D eigenvalue weighted by atomic mass is 10.1. The molecule has 8 nitrogen and oxygen atoms in total. The molecular weight excluding hydrogens is 346 g/mol. The Morgan fingerprint density at radius 3 is 2.67 bits per heavy atom. The number of carbonyl (C=O) groups is 2. The number of amides is 2. The van der Waals surface area contributed by atoms with Crippen LogP contribution in [-0.4, -0.2) is 43.8 Å². The molecule has 0 bridgehead atoms. The first-order valence-electron chi connectivity index (χ1n) is 8.92. The molecule has 0 unspecified atom stereocenters. The van der Waals surface area contributed by atoms with Gasteiger partial charge in [0.2, 0.25) is 0 Å². The molecule has 1 aliphatic rings. The van der Waals surface area contributed by atoms with Crippen LogP contribution in [-0.2, 0) is 24.8 Å². The number of carbonyl (C=O) groups excluding carboxylic acids is 2. The van der Waals surface area contributed by atoms with Crippen LogP contribution in [0.25, 0.3) is 0 Å². The smallest absolute Gasteiger partial charge is 0.410 e. The van der Waals surface area contributed by atoms with Gasteiger partial charge in [-0.25, -0.2) is 9.78 Å². The normalized spacial score (nSPS) is 13.9. The summed E-state index contributed by atoms with van der Waals surface area (Å²) in [6.07, 6.45) is 0.234. The summed E-state index contributed by atoms with van der Waals surface area (Å²) in [5, 5.41) is 7.16. The first-order chi connectivity index (χ1) is 12.6. The van der Waals surface area contributed by atoms with Gasteiger partial charge in [0, 0.05) is 37.0 Å². The van der Waals surface area contributed by atoms with Crippen molar-refractivity contribution in [2.24, 2.45) is 7.05 Å². The summed E-state index contributed by atoms with van der Waals surface area (Å²) in [6.45, 7) is 8.18. The molecule has 0 spiro atoms. The number of nitrogens with one attached hydrogen (secondary N) is 1. The van der Waals surface area contributed by atoms with Gasteiger partial charge in [-0.05, 0) is 39.8 Å². The second kappa shape index (κ2) is 7.02. The van der Waals surface area contributed by atoms with Gasteiger partial charge < -0.3 is 15.0 Å². The Labute approximate surface area is 158 Å². The second-order valence-corrected chi connectivity index (χ2v) is 7.67. The van der Waals surface area contributed by atoms with Crippen molar-refractivity contribution in [1.82, 2.24) is 19.7 Å². The zero-order chi connectivity index (χ0) is 19.8. The summed E-state index contributed by atoms with van der Waals surface area (Å²) < 4.78 is 7.17. The fourth-order valence-corrected chi connectivity index (χ4v) is 3.05. The molecular formula is C19H25N5O3. The van der Waals surface area contributed by atoms with Crippen molar-refractivity contribution in [2.75, 3.05) is 11.9 Å². The van der Waals surface area contributed by atoms with Crippen LogP contribution in [0, 0.1) is 6.92 Å². The number of fused-ring (bicyclic) bond motifs is 1. The largest absolute Gasteiger partial charge is 0.444 e. The number of aryl methyl sites for hydroxylation is 2. The minimum atomic E-state index is -0.566. The maximum atomic E-state index is 12.8. The molecule has 27 heavy (non-hydrogen) atoms. The van der Waals surface area contributed by atoms with Crippen molar-refractivity contribution in [2.45, 2.75) is 46.3 Å². The average molecular weight is 371 g/mol. The van der Waals surface area contributed by atoms with Crippen LogP contribution < -0.4 is 5.32 Å². The van der Waals surface area contributed by atoms with E-state index in [1.54, 1.807) is 15.6 Å². The Bertz CT molecular complexity index is 882. The van der Waals surface area contributed by atoms with Gasteiger partial charge >= 0.3 is 6.09 Å². The van der Waals surface area contributed by atoms with Crippen LogP contribution in [0.4, 0.5) is 10.6 Å². The molecule has 144 valence electrons. The van der Waals surface area contributed by atoms with E-state index in [1.165, 1.54) is 0 Å². The molecule has 3 heterocycles. The van der Waals surface area contributed by atoms with Crippen LogP contribution in [0.2, 0.25) is 0 Å². The molecule has 2 amide bonds. The van der Waals surface area contributed by atoms with Gasteiger partial charge in [0.15, 0.2) is 5.69 Å². The number of nitrogens with zero attached hydrogens (tertiary/aromatic N) is 4. The van der Waals surface area contributed by atoms with Gasteiger partial charge in [-0.3, -0.25) is 9.48 Å². The summed E-state index contributed by atoms with van der Waals surface area (Å²) in [6, 6.07) is 5.42. The quantitative estimate of drug-likeness (QED) is 0.877. The summed E-state index contributed by atoms with van der Waals surface area (Å²) in [5.41, 5.74) is 2.26. The molecule has 0 aliphatic carbocycles. The van der Waals surface area contributed by atoms with E-state index in [2.05, 4.69) is 15.4 Å². The second-order valence-electron chi connectivity index (χ2n) is 7.67. The zero-order valence-electron chi connectivity index (χ0n) is 16.4. The van der Waals surface area contributed by atoms with Crippen molar-refractivity contribution >= 4 is 17.8 Å². The Balaban J connectivity index is 1.81. The maximum Gasteiger partial charge on any atom is 0.410 e. The Morgan fingerprint density at radius 2 is 2.00 bits per heavy atom. The maximum absolute atomic E-state index is 12.8. The van der Waals surface area contributed by atoms with Crippen molar-refractivity contribution in [3.8, 4) is 0 Å². The van der Waals surface area contributed by atoms with E-state index < -0.39 is 5.60 Å². The number of aromatic nitrogens is 3. The lowest BCUT2D eigenvalue weighted by molar-refractivity contribution is 0.0222. The molecule has 2 aromatic rings. The van der Waals surface area contributed by atoms with Crippen molar-refractivity contribution in [1.29, 1.82) is 0 Å². The van der Waals surface area contributed by atoms with Crippen LogP contribution in [0.15, 0.2) is 18.2 Å². The SMILES string of the molecule is Cc1cccc(NC(=O)c2nn(C)c3c2CN(C(=O)OC(C)(C)C)CC3)n1. The van der Waals surface area contributed by atoms with Gasteiger partial charge in [0.1, 0.15) is 11.4 Å². The molecule has 0 fully saturated rings. The van der Waals surface area contributed by atoms with Crippen molar-refractivity contribution < 1.29 is 14.3 Å². The van der Waals surface area contributed by atoms with Gasteiger partial charge in [0.25, 0.3) is 5.91 Å². The van der Waals surface area contributed by atoms with E-state index in [9.17, 15) is 9.59 Å². The number of pyridine rings is 1.